The van der Waals surface area contributed by atoms with E-state index in [1.807, 2.05) is 84.6 Å². The highest BCUT2D eigenvalue weighted by atomic mass is 16.2. The molecular formula is C30H36N4O2. The van der Waals surface area contributed by atoms with E-state index in [9.17, 15) is 9.59 Å². The lowest BCUT2D eigenvalue weighted by atomic mass is 9.97. The zero-order chi connectivity index (χ0) is 25.3. The monoisotopic (exact) mass is 484 g/mol. The molecule has 0 unspecified atom stereocenters. The summed E-state index contributed by atoms with van der Waals surface area (Å²) in [5, 5.41) is 3.40. The average Bonchev–Trinajstić information content (AvgIpc) is 2.90. The highest BCUT2D eigenvalue weighted by Crippen LogP contribution is 2.26. The van der Waals surface area contributed by atoms with Crippen LogP contribution < -0.4 is 5.32 Å². The molecule has 6 nitrogen and oxygen atoms in total. The number of likely N-dealkylation sites (N-methyl/N-ethyl adjacent to an activating group) is 1. The minimum atomic E-state index is 0.0776. The summed E-state index contributed by atoms with van der Waals surface area (Å²) < 4.78 is 0. The summed E-state index contributed by atoms with van der Waals surface area (Å²) in [5.74, 6) is 0.228. The zero-order valence-electron chi connectivity index (χ0n) is 21.3. The lowest BCUT2D eigenvalue weighted by Gasteiger charge is -2.31. The van der Waals surface area contributed by atoms with Crippen LogP contribution in [0.5, 0.6) is 0 Å². The van der Waals surface area contributed by atoms with Crippen molar-refractivity contribution in [3.63, 3.8) is 0 Å². The second kappa shape index (κ2) is 12.4. The Bertz CT molecular complexity index is 1150. The number of benzene rings is 3. The molecule has 2 amide bonds. The molecule has 1 aliphatic rings. The molecule has 1 heterocycles. The number of rotatable bonds is 10. The van der Waals surface area contributed by atoms with Gasteiger partial charge in [0.05, 0.1) is 13.0 Å². The van der Waals surface area contributed by atoms with Crippen molar-refractivity contribution in [2.75, 3.05) is 45.6 Å². The standard InChI is InChI=1S/C30H36N4O2/c1-32(2)18-19-34(22-25-12-7-4-8-13-25)30(36)21-31-28-15-9-14-26-23-33(17-16-27(26)28)29(35)20-24-10-5-3-6-11-24/h3-15,31H,16-23H2,1-2H3. The fourth-order valence-corrected chi connectivity index (χ4v) is 4.57. The number of amides is 2. The van der Waals surface area contributed by atoms with Gasteiger partial charge in [-0.2, -0.15) is 0 Å². The predicted octanol–water partition coefficient (Wildman–Crippen LogP) is 3.82. The molecule has 0 bridgehead atoms. The van der Waals surface area contributed by atoms with E-state index in [2.05, 4.69) is 28.4 Å². The van der Waals surface area contributed by atoms with E-state index in [1.165, 1.54) is 5.56 Å². The number of carbonyl (C=O) groups is 2. The molecule has 1 aliphatic heterocycles. The molecular weight excluding hydrogens is 448 g/mol. The van der Waals surface area contributed by atoms with Crippen LogP contribution in [0.4, 0.5) is 5.69 Å². The second-order valence-electron chi connectivity index (χ2n) is 9.63. The number of nitrogens with one attached hydrogen (secondary N) is 1. The topological polar surface area (TPSA) is 55.9 Å². The molecule has 36 heavy (non-hydrogen) atoms. The van der Waals surface area contributed by atoms with E-state index in [0.29, 0.717) is 32.6 Å². The highest BCUT2D eigenvalue weighted by molar-refractivity contribution is 5.82. The van der Waals surface area contributed by atoms with Crippen LogP contribution in [0.3, 0.4) is 0 Å². The molecule has 3 aromatic rings. The van der Waals surface area contributed by atoms with E-state index in [4.69, 9.17) is 0 Å². The SMILES string of the molecule is CN(C)CCN(Cc1ccccc1)C(=O)CNc1cccc2c1CCN(C(=O)Cc1ccccc1)C2. The summed E-state index contributed by atoms with van der Waals surface area (Å²) in [7, 11) is 4.04. The fourth-order valence-electron chi connectivity index (χ4n) is 4.57. The molecule has 0 fully saturated rings. The van der Waals surface area contributed by atoms with Gasteiger partial charge in [0.2, 0.25) is 11.8 Å². The Kier molecular flexibility index (Phi) is 8.74. The molecule has 6 heteroatoms. The number of carbonyl (C=O) groups excluding carboxylic acids is 2. The smallest absolute Gasteiger partial charge is 0.242 e. The molecule has 0 saturated carbocycles. The second-order valence-corrected chi connectivity index (χ2v) is 9.63. The molecule has 0 aromatic heterocycles. The Morgan fingerprint density at radius 2 is 1.56 bits per heavy atom. The summed E-state index contributed by atoms with van der Waals surface area (Å²) >= 11 is 0. The molecule has 1 N–H and O–H groups in total. The third-order valence-corrected chi connectivity index (χ3v) is 6.63. The summed E-state index contributed by atoms with van der Waals surface area (Å²) in [6.45, 7) is 3.62. The van der Waals surface area contributed by atoms with Gasteiger partial charge < -0.3 is 20.0 Å². The molecule has 0 atom stereocenters. The van der Waals surface area contributed by atoms with Crippen molar-refractivity contribution in [1.82, 2.24) is 14.7 Å². The minimum absolute atomic E-state index is 0.0776. The van der Waals surface area contributed by atoms with Crippen molar-refractivity contribution in [3.05, 3.63) is 101 Å². The van der Waals surface area contributed by atoms with Gasteiger partial charge in [-0.3, -0.25) is 9.59 Å². The van der Waals surface area contributed by atoms with E-state index >= 15 is 0 Å². The van der Waals surface area contributed by atoms with Crippen molar-refractivity contribution < 1.29 is 9.59 Å². The Morgan fingerprint density at radius 1 is 0.861 bits per heavy atom. The van der Waals surface area contributed by atoms with Crippen LogP contribution >= 0.6 is 0 Å². The van der Waals surface area contributed by atoms with Gasteiger partial charge in [0, 0.05) is 38.4 Å². The lowest BCUT2D eigenvalue weighted by molar-refractivity contribution is -0.131. The van der Waals surface area contributed by atoms with Crippen LogP contribution in [-0.4, -0.2) is 66.8 Å². The maximum atomic E-state index is 13.2. The predicted molar refractivity (Wildman–Crippen MR) is 145 cm³/mol. The lowest BCUT2D eigenvalue weighted by Crippen LogP contribution is -2.40. The van der Waals surface area contributed by atoms with Gasteiger partial charge in [-0.25, -0.2) is 0 Å². The summed E-state index contributed by atoms with van der Waals surface area (Å²) in [4.78, 5) is 32.0. The molecule has 4 rings (SSSR count). The van der Waals surface area contributed by atoms with Crippen LogP contribution in [0.1, 0.15) is 22.3 Å². The third-order valence-electron chi connectivity index (χ3n) is 6.63. The molecule has 0 radical (unpaired) electrons. The maximum Gasteiger partial charge on any atom is 0.242 e. The molecule has 0 aliphatic carbocycles. The zero-order valence-corrected chi connectivity index (χ0v) is 21.3. The Labute approximate surface area is 214 Å². The Morgan fingerprint density at radius 3 is 2.25 bits per heavy atom. The van der Waals surface area contributed by atoms with Crippen LogP contribution in [0.25, 0.3) is 0 Å². The van der Waals surface area contributed by atoms with Crippen molar-refractivity contribution in [2.24, 2.45) is 0 Å². The van der Waals surface area contributed by atoms with E-state index in [0.717, 1.165) is 35.3 Å². The highest BCUT2D eigenvalue weighted by Gasteiger charge is 2.23. The van der Waals surface area contributed by atoms with Crippen molar-refractivity contribution in [3.8, 4) is 0 Å². The largest absolute Gasteiger partial charge is 0.376 e. The fraction of sp³-hybridized carbons (Fsp3) is 0.333. The number of anilines is 1. The molecule has 0 saturated heterocycles. The number of fused-ring (bicyclic) bond motifs is 1. The maximum absolute atomic E-state index is 13.2. The van der Waals surface area contributed by atoms with Gasteiger partial charge in [-0.1, -0.05) is 72.8 Å². The molecule has 3 aromatic carbocycles. The van der Waals surface area contributed by atoms with Crippen molar-refractivity contribution >= 4 is 17.5 Å². The molecule has 0 spiro atoms. The van der Waals surface area contributed by atoms with Gasteiger partial charge in [0.1, 0.15) is 0 Å². The summed E-state index contributed by atoms with van der Waals surface area (Å²) in [5.41, 5.74) is 5.51. The van der Waals surface area contributed by atoms with Gasteiger partial charge in [-0.15, -0.1) is 0 Å². The van der Waals surface area contributed by atoms with Gasteiger partial charge >= 0.3 is 0 Å². The third kappa shape index (κ3) is 6.95. The number of nitrogens with zero attached hydrogens (tertiary/aromatic N) is 3. The van der Waals surface area contributed by atoms with E-state index < -0.39 is 0 Å². The minimum Gasteiger partial charge on any atom is -0.376 e. The van der Waals surface area contributed by atoms with Crippen molar-refractivity contribution in [2.45, 2.75) is 25.9 Å². The summed E-state index contributed by atoms with van der Waals surface area (Å²) in [6.07, 6.45) is 1.20. The van der Waals surface area contributed by atoms with Gasteiger partial charge in [0.25, 0.3) is 0 Å². The Balaban J connectivity index is 1.38. The normalized spacial score (nSPS) is 12.8. The summed E-state index contributed by atoms with van der Waals surface area (Å²) in [6, 6.07) is 26.1. The van der Waals surface area contributed by atoms with Gasteiger partial charge in [-0.05, 0) is 48.8 Å². The van der Waals surface area contributed by atoms with Crippen LogP contribution in [0.2, 0.25) is 0 Å². The number of hydrogen-bond acceptors (Lipinski definition) is 4. The average molecular weight is 485 g/mol. The van der Waals surface area contributed by atoms with Crippen LogP contribution in [0, 0.1) is 0 Å². The van der Waals surface area contributed by atoms with Crippen LogP contribution in [-0.2, 0) is 35.5 Å². The first-order chi connectivity index (χ1) is 17.5. The van der Waals surface area contributed by atoms with Crippen molar-refractivity contribution in [1.29, 1.82) is 0 Å². The van der Waals surface area contributed by atoms with E-state index in [-0.39, 0.29) is 18.4 Å². The van der Waals surface area contributed by atoms with Crippen LogP contribution in [0.15, 0.2) is 78.9 Å². The first-order valence-electron chi connectivity index (χ1n) is 12.6. The first kappa shape index (κ1) is 25.5. The number of hydrogen-bond donors (Lipinski definition) is 1. The van der Waals surface area contributed by atoms with Gasteiger partial charge in [0.15, 0.2) is 0 Å². The van der Waals surface area contributed by atoms with E-state index in [1.54, 1.807) is 0 Å². The quantitative estimate of drug-likeness (QED) is 0.475. The Hall–Kier alpha value is -3.64. The molecule has 188 valence electrons. The first-order valence-corrected chi connectivity index (χ1v) is 12.6.